The number of alkyl halides is 3. The van der Waals surface area contributed by atoms with E-state index < -0.39 is 23.6 Å². The summed E-state index contributed by atoms with van der Waals surface area (Å²) in [4.78, 5) is 23.8. The fourth-order valence-electron chi connectivity index (χ4n) is 4.35. The van der Waals surface area contributed by atoms with Gasteiger partial charge in [0.25, 0.3) is 0 Å². The zero-order chi connectivity index (χ0) is 26.9. The maximum Gasteiger partial charge on any atom is 0.419 e. The van der Waals surface area contributed by atoms with Gasteiger partial charge in [-0.05, 0) is 37.1 Å². The number of hydrogen-bond donors (Lipinski definition) is 2. The standard InChI is InChI=1S/C26H23F4N5O3/c27-21-6-5-17(12-20(21)26(28,29)30)33-25(37)35-22-4-2-1-3-16(22)11-24(35)38-23-13-18(31-15-32-23)14-34-9-7-19(36)8-10-34/h1-6,11-13,15,19,36H,7-10,14H2,(H,33,37). The molecule has 2 aromatic carbocycles. The summed E-state index contributed by atoms with van der Waals surface area (Å²) in [5.41, 5.74) is -0.590. The minimum absolute atomic E-state index is 0.0765. The molecule has 1 aliphatic rings. The molecule has 1 saturated heterocycles. The molecule has 3 heterocycles. The number of benzene rings is 2. The van der Waals surface area contributed by atoms with Crippen molar-refractivity contribution in [1.29, 1.82) is 0 Å². The van der Waals surface area contributed by atoms with Gasteiger partial charge in [-0.3, -0.25) is 4.90 Å². The second-order valence-corrected chi connectivity index (χ2v) is 8.96. The van der Waals surface area contributed by atoms with Crippen molar-refractivity contribution in [1.82, 2.24) is 19.4 Å². The van der Waals surface area contributed by atoms with Gasteiger partial charge in [0.1, 0.15) is 12.1 Å². The van der Waals surface area contributed by atoms with E-state index in [4.69, 9.17) is 4.74 Å². The Hall–Kier alpha value is -4.03. The lowest BCUT2D eigenvalue weighted by atomic mass is 10.1. The molecular formula is C26H23F4N5O3. The van der Waals surface area contributed by atoms with E-state index in [0.29, 0.717) is 48.1 Å². The van der Waals surface area contributed by atoms with E-state index in [2.05, 4.69) is 20.2 Å². The number of likely N-dealkylation sites (tertiary alicyclic amines) is 1. The minimum atomic E-state index is -4.92. The lowest BCUT2D eigenvalue weighted by molar-refractivity contribution is -0.139. The molecule has 198 valence electrons. The Kier molecular flexibility index (Phi) is 7.00. The van der Waals surface area contributed by atoms with Crippen molar-refractivity contribution in [3.05, 3.63) is 78.0 Å². The molecule has 2 aromatic heterocycles. The number of carbonyl (C=O) groups excluding carboxylic acids is 1. The molecule has 0 aliphatic carbocycles. The fraction of sp³-hybridized carbons (Fsp3) is 0.269. The predicted molar refractivity (Wildman–Crippen MR) is 130 cm³/mol. The van der Waals surface area contributed by atoms with Crippen LogP contribution in [0.5, 0.6) is 11.8 Å². The van der Waals surface area contributed by atoms with Crippen LogP contribution in [0.3, 0.4) is 0 Å². The van der Waals surface area contributed by atoms with Crippen LogP contribution >= 0.6 is 0 Å². The summed E-state index contributed by atoms with van der Waals surface area (Å²) >= 11 is 0. The summed E-state index contributed by atoms with van der Waals surface area (Å²) in [6.45, 7) is 1.99. The number of para-hydroxylation sites is 1. The molecular weight excluding hydrogens is 506 g/mol. The molecule has 0 unspecified atom stereocenters. The van der Waals surface area contributed by atoms with Crippen molar-refractivity contribution in [2.24, 2.45) is 0 Å². The van der Waals surface area contributed by atoms with Gasteiger partial charge in [-0.15, -0.1) is 0 Å². The number of hydrogen-bond acceptors (Lipinski definition) is 6. The Labute approximate surface area is 214 Å². The first-order valence-electron chi connectivity index (χ1n) is 11.8. The van der Waals surface area contributed by atoms with Crippen molar-refractivity contribution in [3.8, 4) is 11.8 Å². The second kappa shape index (κ2) is 10.4. The summed E-state index contributed by atoms with van der Waals surface area (Å²) in [6.07, 6.45) is -2.51. The van der Waals surface area contributed by atoms with Crippen LogP contribution in [0.2, 0.25) is 0 Å². The van der Waals surface area contributed by atoms with Crippen molar-refractivity contribution in [3.63, 3.8) is 0 Å². The first-order chi connectivity index (χ1) is 18.2. The molecule has 38 heavy (non-hydrogen) atoms. The number of carbonyl (C=O) groups is 1. The zero-order valence-corrected chi connectivity index (χ0v) is 20.0. The second-order valence-electron chi connectivity index (χ2n) is 8.96. The van der Waals surface area contributed by atoms with E-state index in [1.165, 1.54) is 10.9 Å². The quantitative estimate of drug-likeness (QED) is 0.336. The number of nitrogens with one attached hydrogen (secondary N) is 1. The van der Waals surface area contributed by atoms with Crippen LogP contribution in [0.4, 0.5) is 28.0 Å². The average Bonchev–Trinajstić information content (AvgIpc) is 3.24. The minimum Gasteiger partial charge on any atom is -0.422 e. The van der Waals surface area contributed by atoms with Crippen LogP contribution in [0.15, 0.2) is 60.9 Å². The first-order valence-corrected chi connectivity index (χ1v) is 11.8. The molecule has 12 heteroatoms. The van der Waals surface area contributed by atoms with Gasteiger partial charge in [-0.2, -0.15) is 13.2 Å². The summed E-state index contributed by atoms with van der Waals surface area (Å²) in [5, 5.41) is 12.7. The molecule has 0 radical (unpaired) electrons. The fourth-order valence-corrected chi connectivity index (χ4v) is 4.35. The Morgan fingerprint density at radius 2 is 1.84 bits per heavy atom. The summed E-state index contributed by atoms with van der Waals surface area (Å²) in [7, 11) is 0. The van der Waals surface area contributed by atoms with E-state index in [0.717, 1.165) is 19.2 Å². The van der Waals surface area contributed by atoms with E-state index in [1.807, 2.05) is 0 Å². The van der Waals surface area contributed by atoms with Gasteiger partial charge in [0.15, 0.2) is 0 Å². The number of ether oxygens (including phenoxy) is 1. The lowest BCUT2D eigenvalue weighted by Gasteiger charge is -2.29. The van der Waals surface area contributed by atoms with E-state index in [-0.39, 0.29) is 23.6 Å². The van der Waals surface area contributed by atoms with Crippen LogP contribution in [-0.4, -0.2) is 49.8 Å². The maximum absolute atomic E-state index is 13.7. The van der Waals surface area contributed by atoms with Crippen molar-refractivity contribution in [2.45, 2.75) is 31.7 Å². The molecule has 1 amide bonds. The van der Waals surface area contributed by atoms with Crippen molar-refractivity contribution in [2.75, 3.05) is 18.4 Å². The third kappa shape index (κ3) is 5.60. The molecule has 1 fully saturated rings. The Morgan fingerprint density at radius 3 is 2.61 bits per heavy atom. The molecule has 2 N–H and O–H groups in total. The van der Waals surface area contributed by atoms with Gasteiger partial charge in [0.05, 0.1) is 22.9 Å². The number of amides is 1. The van der Waals surface area contributed by atoms with Crippen molar-refractivity contribution >= 4 is 22.6 Å². The highest BCUT2D eigenvalue weighted by Gasteiger charge is 2.34. The van der Waals surface area contributed by atoms with E-state index in [1.54, 1.807) is 36.4 Å². The topological polar surface area (TPSA) is 92.5 Å². The van der Waals surface area contributed by atoms with Gasteiger partial charge in [-0.25, -0.2) is 23.7 Å². The van der Waals surface area contributed by atoms with E-state index in [9.17, 15) is 27.5 Å². The van der Waals surface area contributed by atoms with Gasteiger partial charge in [0, 0.05) is 42.8 Å². The van der Waals surface area contributed by atoms with Crippen LogP contribution in [-0.2, 0) is 12.7 Å². The van der Waals surface area contributed by atoms with E-state index >= 15 is 0 Å². The van der Waals surface area contributed by atoms with Gasteiger partial charge in [0.2, 0.25) is 11.8 Å². The van der Waals surface area contributed by atoms with Gasteiger partial charge in [-0.1, -0.05) is 18.2 Å². The van der Waals surface area contributed by atoms with Crippen LogP contribution in [0.25, 0.3) is 10.9 Å². The molecule has 5 rings (SSSR count). The SMILES string of the molecule is O=C(Nc1ccc(F)c(C(F)(F)F)c1)n1c(Oc2cc(CN3CCC(O)CC3)ncn2)cc2ccccc21. The number of aliphatic hydroxyl groups excluding tert-OH is 1. The molecule has 8 nitrogen and oxygen atoms in total. The molecule has 0 bridgehead atoms. The third-order valence-corrected chi connectivity index (χ3v) is 6.25. The zero-order valence-electron chi connectivity index (χ0n) is 20.0. The number of piperidine rings is 1. The third-order valence-electron chi connectivity index (χ3n) is 6.25. The van der Waals surface area contributed by atoms with Crippen LogP contribution in [0.1, 0.15) is 24.1 Å². The highest BCUT2D eigenvalue weighted by atomic mass is 19.4. The number of aromatic nitrogens is 3. The highest BCUT2D eigenvalue weighted by molar-refractivity contribution is 6.00. The summed E-state index contributed by atoms with van der Waals surface area (Å²) < 4.78 is 60.3. The maximum atomic E-state index is 13.7. The summed E-state index contributed by atoms with van der Waals surface area (Å²) in [6, 6.07) is 11.6. The average molecular weight is 529 g/mol. The number of rotatable bonds is 5. The Morgan fingerprint density at radius 1 is 1.08 bits per heavy atom. The number of aliphatic hydroxyl groups is 1. The Bertz CT molecular complexity index is 1470. The van der Waals surface area contributed by atoms with Crippen LogP contribution in [0, 0.1) is 5.82 Å². The summed E-state index contributed by atoms with van der Waals surface area (Å²) in [5.74, 6) is -1.19. The number of halogens is 4. The lowest BCUT2D eigenvalue weighted by Crippen LogP contribution is -2.35. The molecule has 0 saturated carbocycles. The largest absolute Gasteiger partial charge is 0.422 e. The number of fused-ring (bicyclic) bond motifs is 1. The molecule has 0 spiro atoms. The van der Waals surface area contributed by atoms with Crippen molar-refractivity contribution < 1.29 is 32.2 Å². The smallest absolute Gasteiger partial charge is 0.419 e. The van der Waals surface area contributed by atoms with Gasteiger partial charge >= 0.3 is 12.2 Å². The first kappa shape index (κ1) is 25.6. The van der Waals surface area contributed by atoms with Gasteiger partial charge < -0.3 is 15.2 Å². The molecule has 1 aliphatic heterocycles. The molecule has 0 atom stereocenters. The highest BCUT2D eigenvalue weighted by Crippen LogP contribution is 2.34. The monoisotopic (exact) mass is 529 g/mol. The number of anilines is 1. The normalized spacial score (nSPS) is 15.1. The predicted octanol–water partition coefficient (Wildman–Crippen LogP) is 5.42. The molecule has 4 aromatic rings. The Balaban J connectivity index is 1.41. The number of nitrogens with zero attached hydrogens (tertiary/aromatic N) is 4. The van der Waals surface area contributed by atoms with Crippen LogP contribution < -0.4 is 10.1 Å².